The summed E-state index contributed by atoms with van der Waals surface area (Å²) >= 11 is 0. The van der Waals surface area contributed by atoms with Gasteiger partial charge in [0.25, 0.3) is 0 Å². The number of benzene rings is 1. The summed E-state index contributed by atoms with van der Waals surface area (Å²) in [6.07, 6.45) is 0. The molecular weight excluding hydrogens is 198 g/mol. The maximum atomic E-state index is 10.6. The molecule has 0 spiro atoms. The zero-order chi connectivity index (χ0) is 9.19. The van der Waals surface area contributed by atoms with Gasteiger partial charge < -0.3 is 0 Å². The summed E-state index contributed by atoms with van der Waals surface area (Å²) in [6, 6.07) is 6.94. The lowest BCUT2D eigenvalue weighted by Crippen LogP contribution is -2.03. The number of rotatable bonds is 2. The molecule has 0 aliphatic rings. The Morgan fingerprint density at radius 2 is 2.08 bits per heavy atom. The van der Waals surface area contributed by atoms with E-state index in [0.29, 0.717) is 5.69 Å². The summed E-state index contributed by atoms with van der Waals surface area (Å²) in [5, 5.41) is 0. The fourth-order valence-electron chi connectivity index (χ4n) is 0.849. The highest BCUT2D eigenvalue weighted by atomic mass is 35.7. The van der Waals surface area contributed by atoms with Crippen molar-refractivity contribution >= 4 is 25.6 Å². The number of hydrogen-bond donors (Lipinski definition) is 1. The minimum absolute atomic E-state index is 0.477. The Hall–Kier alpha value is -0.740. The minimum atomic E-state index is -3.67. The summed E-state index contributed by atoms with van der Waals surface area (Å²) in [7, 11) is 1.31. The molecule has 0 amide bonds. The Labute approximate surface area is 75.9 Å². The van der Waals surface area contributed by atoms with Crippen LogP contribution in [0.1, 0.15) is 5.56 Å². The number of nitrogens with one attached hydrogen (secondary N) is 1. The van der Waals surface area contributed by atoms with Gasteiger partial charge in [-0.25, -0.2) is 0 Å². The average Bonchev–Trinajstić information content (AvgIpc) is 1.82. The van der Waals surface area contributed by atoms with Crippen molar-refractivity contribution in [2.45, 2.75) is 6.92 Å². The Morgan fingerprint density at radius 1 is 1.42 bits per heavy atom. The van der Waals surface area contributed by atoms with Gasteiger partial charge in [0.05, 0.1) is 0 Å². The largest absolute Gasteiger partial charge is 0.319 e. The van der Waals surface area contributed by atoms with E-state index >= 15 is 0 Å². The van der Waals surface area contributed by atoms with Gasteiger partial charge in [0.2, 0.25) is 0 Å². The number of anilines is 1. The van der Waals surface area contributed by atoms with Crippen molar-refractivity contribution in [3.05, 3.63) is 29.8 Å². The Bertz CT molecular complexity index is 375. The fraction of sp³-hybridized carbons (Fsp3) is 0.143. The van der Waals surface area contributed by atoms with Crippen molar-refractivity contribution in [3.8, 4) is 0 Å². The van der Waals surface area contributed by atoms with Crippen molar-refractivity contribution in [3.63, 3.8) is 0 Å². The Morgan fingerprint density at radius 3 is 2.58 bits per heavy atom. The van der Waals surface area contributed by atoms with E-state index in [2.05, 4.69) is 4.72 Å². The average molecular weight is 206 g/mol. The quantitative estimate of drug-likeness (QED) is 0.750. The predicted octanol–water partition coefficient (Wildman–Crippen LogP) is 1.89. The van der Waals surface area contributed by atoms with Crippen LogP contribution in [0.2, 0.25) is 0 Å². The van der Waals surface area contributed by atoms with Crippen molar-refractivity contribution in [1.82, 2.24) is 0 Å². The second kappa shape index (κ2) is 3.33. The zero-order valence-corrected chi connectivity index (χ0v) is 7.98. The van der Waals surface area contributed by atoms with Crippen LogP contribution in [0, 0.1) is 6.92 Å². The third kappa shape index (κ3) is 3.11. The topological polar surface area (TPSA) is 46.2 Å². The van der Waals surface area contributed by atoms with Gasteiger partial charge in [-0.3, -0.25) is 4.72 Å². The van der Waals surface area contributed by atoms with Crippen molar-refractivity contribution in [2.75, 3.05) is 4.72 Å². The number of hydrogen-bond acceptors (Lipinski definition) is 2. The molecule has 5 heteroatoms. The first kappa shape index (κ1) is 9.35. The van der Waals surface area contributed by atoms with Gasteiger partial charge >= 0.3 is 9.24 Å². The second-order valence-electron chi connectivity index (χ2n) is 2.41. The van der Waals surface area contributed by atoms with Crippen molar-refractivity contribution in [2.24, 2.45) is 0 Å². The van der Waals surface area contributed by atoms with Gasteiger partial charge in [0.1, 0.15) is 0 Å². The van der Waals surface area contributed by atoms with Crippen LogP contribution >= 0.6 is 10.7 Å². The molecule has 0 aliphatic heterocycles. The van der Waals surface area contributed by atoms with Crippen LogP contribution in [0.25, 0.3) is 0 Å². The Balaban J connectivity index is 2.91. The first-order valence-corrected chi connectivity index (χ1v) is 5.57. The summed E-state index contributed by atoms with van der Waals surface area (Å²) in [5.74, 6) is 0. The molecule has 0 atom stereocenters. The molecule has 0 radical (unpaired) electrons. The maximum Gasteiger partial charge on any atom is 0.319 e. The molecule has 1 aromatic rings. The molecule has 1 aromatic carbocycles. The molecule has 0 unspecified atom stereocenters. The van der Waals surface area contributed by atoms with Gasteiger partial charge in [0.15, 0.2) is 0 Å². The fourth-order valence-corrected chi connectivity index (χ4v) is 1.53. The van der Waals surface area contributed by atoms with Gasteiger partial charge in [-0.05, 0) is 24.6 Å². The first-order valence-electron chi connectivity index (χ1n) is 3.26. The number of halogens is 1. The molecular formula is C7H8ClNO2S. The SMILES string of the molecule is Cc1cccc(NS(=O)(=O)Cl)c1. The van der Waals surface area contributed by atoms with E-state index in [1.807, 2.05) is 13.0 Å². The summed E-state index contributed by atoms with van der Waals surface area (Å²) in [6.45, 7) is 1.87. The van der Waals surface area contributed by atoms with E-state index in [4.69, 9.17) is 10.7 Å². The molecule has 0 saturated heterocycles. The lowest BCUT2D eigenvalue weighted by atomic mass is 10.2. The summed E-state index contributed by atoms with van der Waals surface area (Å²) in [5.41, 5.74) is 1.45. The third-order valence-electron chi connectivity index (χ3n) is 1.26. The molecule has 0 aromatic heterocycles. The second-order valence-corrected chi connectivity index (χ2v) is 4.71. The van der Waals surface area contributed by atoms with Crippen LogP contribution in [0.3, 0.4) is 0 Å². The normalized spacial score (nSPS) is 11.2. The highest BCUT2D eigenvalue weighted by Crippen LogP contribution is 2.12. The molecule has 0 saturated carbocycles. The van der Waals surface area contributed by atoms with Gasteiger partial charge in [-0.2, -0.15) is 8.42 Å². The standard InChI is InChI=1S/C7H8ClNO2S/c1-6-3-2-4-7(5-6)9-12(8,10)11/h2-5,9H,1H3. The van der Waals surface area contributed by atoms with Crippen LogP contribution in [0.5, 0.6) is 0 Å². The van der Waals surface area contributed by atoms with Crippen LogP contribution < -0.4 is 4.72 Å². The number of aryl methyl sites for hydroxylation is 1. The van der Waals surface area contributed by atoms with Crippen LogP contribution in [0.4, 0.5) is 5.69 Å². The molecule has 0 aliphatic carbocycles. The lowest BCUT2D eigenvalue weighted by Gasteiger charge is -2.01. The van der Waals surface area contributed by atoms with E-state index in [0.717, 1.165) is 5.56 Å². The van der Waals surface area contributed by atoms with Crippen LogP contribution in [-0.2, 0) is 9.24 Å². The van der Waals surface area contributed by atoms with Gasteiger partial charge in [-0.15, -0.1) is 0 Å². The Kier molecular flexibility index (Phi) is 2.59. The molecule has 66 valence electrons. The predicted molar refractivity (Wildman–Crippen MR) is 49.6 cm³/mol. The first-order chi connectivity index (χ1) is 5.47. The van der Waals surface area contributed by atoms with Gasteiger partial charge in [0, 0.05) is 16.4 Å². The van der Waals surface area contributed by atoms with E-state index in [1.165, 1.54) is 0 Å². The molecule has 3 nitrogen and oxygen atoms in total. The summed E-state index contributed by atoms with van der Waals surface area (Å²) in [4.78, 5) is 0. The van der Waals surface area contributed by atoms with Gasteiger partial charge in [-0.1, -0.05) is 12.1 Å². The minimum Gasteiger partial charge on any atom is -0.271 e. The third-order valence-corrected chi connectivity index (χ3v) is 1.97. The highest BCUT2D eigenvalue weighted by Gasteiger charge is 2.02. The highest BCUT2D eigenvalue weighted by molar-refractivity contribution is 8.14. The molecule has 12 heavy (non-hydrogen) atoms. The molecule has 1 N–H and O–H groups in total. The molecule has 0 bridgehead atoms. The lowest BCUT2D eigenvalue weighted by molar-refractivity contribution is 0.614. The van der Waals surface area contributed by atoms with E-state index in [-0.39, 0.29) is 0 Å². The molecule has 0 heterocycles. The molecule has 0 fully saturated rings. The maximum absolute atomic E-state index is 10.6. The van der Waals surface area contributed by atoms with E-state index in [9.17, 15) is 8.42 Å². The van der Waals surface area contributed by atoms with E-state index < -0.39 is 9.24 Å². The zero-order valence-electron chi connectivity index (χ0n) is 6.41. The van der Waals surface area contributed by atoms with Crippen molar-refractivity contribution < 1.29 is 8.42 Å². The summed E-state index contributed by atoms with van der Waals surface area (Å²) < 4.78 is 23.3. The van der Waals surface area contributed by atoms with Crippen LogP contribution in [0.15, 0.2) is 24.3 Å². The smallest absolute Gasteiger partial charge is 0.271 e. The van der Waals surface area contributed by atoms with E-state index in [1.54, 1.807) is 18.2 Å². The molecule has 1 rings (SSSR count). The van der Waals surface area contributed by atoms with Crippen molar-refractivity contribution in [1.29, 1.82) is 0 Å². The monoisotopic (exact) mass is 205 g/mol. The van der Waals surface area contributed by atoms with Crippen LogP contribution in [-0.4, -0.2) is 8.42 Å².